The summed E-state index contributed by atoms with van der Waals surface area (Å²) < 4.78 is 10.8. The van der Waals surface area contributed by atoms with Gasteiger partial charge in [0, 0.05) is 12.6 Å². The monoisotopic (exact) mass is 294 g/mol. The van der Waals surface area contributed by atoms with Crippen LogP contribution in [0.25, 0.3) is 0 Å². The Bertz CT molecular complexity index is 432. The Morgan fingerprint density at radius 2 is 1.76 bits per heavy atom. The van der Waals surface area contributed by atoms with Crippen molar-refractivity contribution in [2.75, 3.05) is 27.3 Å². The largest absolute Gasteiger partial charge is 0.497 e. The average Bonchev–Trinajstić information content (AvgIpc) is 2.46. The Hall–Kier alpha value is -1.75. The van der Waals surface area contributed by atoms with Gasteiger partial charge >= 0.3 is 0 Å². The molecule has 0 aliphatic rings. The van der Waals surface area contributed by atoms with Gasteiger partial charge in [0.15, 0.2) is 0 Å². The molecule has 0 aromatic heterocycles. The van der Waals surface area contributed by atoms with Gasteiger partial charge in [0.25, 0.3) is 0 Å². The van der Waals surface area contributed by atoms with Crippen LogP contribution in [0.2, 0.25) is 0 Å². The first-order valence-electron chi connectivity index (χ1n) is 7.21. The zero-order valence-electron chi connectivity index (χ0n) is 13.6. The Balaban J connectivity index is 2.34. The van der Waals surface area contributed by atoms with Crippen LogP contribution in [0.15, 0.2) is 24.3 Å². The Morgan fingerprint density at radius 3 is 2.29 bits per heavy atom. The molecule has 1 amide bonds. The minimum Gasteiger partial charge on any atom is -0.497 e. The van der Waals surface area contributed by atoms with E-state index in [9.17, 15) is 4.79 Å². The molecule has 118 valence electrons. The Labute approximate surface area is 127 Å². The molecule has 21 heavy (non-hydrogen) atoms. The highest BCUT2D eigenvalue weighted by Crippen LogP contribution is 2.16. The van der Waals surface area contributed by atoms with E-state index in [4.69, 9.17) is 9.47 Å². The third-order valence-corrected chi connectivity index (χ3v) is 3.24. The van der Waals surface area contributed by atoms with Crippen LogP contribution in [-0.2, 0) is 4.79 Å². The summed E-state index contributed by atoms with van der Waals surface area (Å²) >= 11 is 0. The SMILES string of the molecule is COc1ccc(OCCN(C)[C@@H](C)C(=O)NC(C)C)cc1. The van der Waals surface area contributed by atoms with E-state index in [1.54, 1.807) is 7.11 Å². The Kier molecular flexibility index (Phi) is 7.02. The van der Waals surface area contributed by atoms with Crippen molar-refractivity contribution < 1.29 is 14.3 Å². The summed E-state index contributed by atoms with van der Waals surface area (Å²) in [4.78, 5) is 13.9. The molecule has 1 rings (SSSR count). The molecule has 5 heteroatoms. The summed E-state index contributed by atoms with van der Waals surface area (Å²) in [5.41, 5.74) is 0. The van der Waals surface area contributed by atoms with Crippen molar-refractivity contribution in [3.8, 4) is 11.5 Å². The molecule has 1 aromatic rings. The molecule has 1 aromatic carbocycles. The second kappa shape index (κ2) is 8.52. The van der Waals surface area contributed by atoms with Crippen molar-refractivity contribution >= 4 is 5.91 Å². The van der Waals surface area contributed by atoms with Crippen LogP contribution in [0, 0.1) is 0 Å². The number of rotatable bonds is 8. The molecule has 1 N–H and O–H groups in total. The van der Waals surface area contributed by atoms with Gasteiger partial charge in [-0.15, -0.1) is 0 Å². The van der Waals surface area contributed by atoms with Gasteiger partial charge in [0.2, 0.25) is 5.91 Å². The molecule has 5 nitrogen and oxygen atoms in total. The third-order valence-electron chi connectivity index (χ3n) is 3.24. The lowest BCUT2D eigenvalue weighted by molar-refractivity contribution is -0.126. The van der Waals surface area contributed by atoms with E-state index in [0.29, 0.717) is 13.2 Å². The Morgan fingerprint density at radius 1 is 1.19 bits per heavy atom. The molecule has 0 saturated carbocycles. The van der Waals surface area contributed by atoms with Gasteiger partial charge in [-0.1, -0.05) is 0 Å². The van der Waals surface area contributed by atoms with Gasteiger partial charge in [-0.05, 0) is 52.1 Å². The van der Waals surface area contributed by atoms with Crippen molar-refractivity contribution in [2.45, 2.75) is 32.9 Å². The topological polar surface area (TPSA) is 50.8 Å². The molecule has 0 heterocycles. The molecule has 0 spiro atoms. The first-order valence-corrected chi connectivity index (χ1v) is 7.21. The molecule has 0 radical (unpaired) electrons. The minimum absolute atomic E-state index is 0.0388. The molecular formula is C16H26N2O3. The summed E-state index contributed by atoms with van der Waals surface area (Å²) in [7, 11) is 3.55. The fourth-order valence-corrected chi connectivity index (χ4v) is 1.78. The van der Waals surface area contributed by atoms with Crippen molar-refractivity contribution in [1.82, 2.24) is 10.2 Å². The average molecular weight is 294 g/mol. The summed E-state index contributed by atoms with van der Waals surface area (Å²) in [6.07, 6.45) is 0. The summed E-state index contributed by atoms with van der Waals surface area (Å²) in [5, 5.41) is 2.91. The van der Waals surface area contributed by atoms with Gasteiger partial charge in [-0.25, -0.2) is 0 Å². The van der Waals surface area contributed by atoms with E-state index in [-0.39, 0.29) is 18.0 Å². The number of hydrogen-bond acceptors (Lipinski definition) is 4. The van der Waals surface area contributed by atoms with Crippen LogP contribution in [0.4, 0.5) is 0 Å². The molecule has 0 aliphatic heterocycles. The van der Waals surface area contributed by atoms with E-state index in [1.807, 2.05) is 57.0 Å². The smallest absolute Gasteiger partial charge is 0.237 e. The van der Waals surface area contributed by atoms with Crippen LogP contribution < -0.4 is 14.8 Å². The van der Waals surface area contributed by atoms with Gasteiger partial charge in [0.1, 0.15) is 18.1 Å². The molecule has 0 saturated heterocycles. The van der Waals surface area contributed by atoms with E-state index < -0.39 is 0 Å². The highest BCUT2D eigenvalue weighted by atomic mass is 16.5. The van der Waals surface area contributed by atoms with Crippen molar-refractivity contribution in [2.24, 2.45) is 0 Å². The quantitative estimate of drug-likeness (QED) is 0.796. The standard InChI is InChI=1S/C16H26N2O3/c1-12(2)17-16(19)13(3)18(4)10-11-21-15-8-6-14(20-5)7-9-15/h6-9,12-13H,10-11H2,1-5H3,(H,17,19)/t13-/m0/s1. The number of likely N-dealkylation sites (N-methyl/N-ethyl adjacent to an activating group) is 1. The number of benzene rings is 1. The number of nitrogens with zero attached hydrogens (tertiary/aromatic N) is 1. The maximum Gasteiger partial charge on any atom is 0.237 e. The zero-order chi connectivity index (χ0) is 15.8. The van der Waals surface area contributed by atoms with E-state index >= 15 is 0 Å². The lowest BCUT2D eigenvalue weighted by Gasteiger charge is -2.24. The maximum absolute atomic E-state index is 11.9. The van der Waals surface area contributed by atoms with E-state index in [1.165, 1.54) is 0 Å². The maximum atomic E-state index is 11.9. The number of carbonyl (C=O) groups is 1. The van der Waals surface area contributed by atoms with Gasteiger partial charge < -0.3 is 14.8 Å². The number of carbonyl (C=O) groups excluding carboxylic acids is 1. The van der Waals surface area contributed by atoms with E-state index in [2.05, 4.69) is 5.32 Å². The number of ether oxygens (including phenoxy) is 2. The first-order chi connectivity index (χ1) is 9.93. The second-order valence-electron chi connectivity index (χ2n) is 5.34. The normalized spacial score (nSPS) is 12.3. The summed E-state index contributed by atoms with van der Waals surface area (Å²) in [5.74, 6) is 1.64. The summed E-state index contributed by atoms with van der Waals surface area (Å²) in [6, 6.07) is 7.44. The molecule has 0 fully saturated rings. The van der Waals surface area contributed by atoms with Gasteiger partial charge in [0.05, 0.1) is 13.2 Å². The molecule has 1 atom stereocenters. The summed E-state index contributed by atoms with van der Waals surface area (Å²) in [6.45, 7) is 7.01. The van der Waals surface area contributed by atoms with Crippen molar-refractivity contribution in [1.29, 1.82) is 0 Å². The lowest BCUT2D eigenvalue weighted by atomic mass is 10.2. The number of hydrogen-bond donors (Lipinski definition) is 1. The number of nitrogens with one attached hydrogen (secondary N) is 1. The van der Waals surface area contributed by atoms with Crippen LogP contribution >= 0.6 is 0 Å². The molecular weight excluding hydrogens is 268 g/mol. The van der Waals surface area contributed by atoms with Crippen LogP contribution in [-0.4, -0.2) is 50.2 Å². The van der Waals surface area contributed by atoms with Crippen molar-refractivity contribution in [3.63, 3.8) is 0 Å². The fraction of sp³-hybridized carbons (Fsp3) is 0.562. The molecule has 0 unspecified atom stereocenters. The second-order valence-corrected chi connectivity index (χ2v) is 5.34. The molecule has 0 bridgehead atoms. The van der Waals surface area contributed by atoms with Crippen LogP contribution in [0.3, 0.4) is 0 Å². The third kappa shape index (κ3) is 6.04. The van der Waals surface area contributed by atoms with Gasteiger partial charge in [-0.3, -0.25) is 9.69 Å². The highest BCUT2D eigenvalue weighted by molar-refractivity contribution is 5.81. The number of amides is 1. The van der Waals surface area contributed by atoms with E-state index in [0.717, 1.165) is 11.5 Å². The van der Waals surface area contributed by atoms with Crippen molar-refractivity contribution in [3.05, 3.63) is 24.3 Å². The zero-order valence-corrected chi connectivity index (χ0v) is 13.6. The highest BCUT2D eigenvalue weighted by Gasteiger charge is 2.18. The number of methoxy groups -OCH3 is 1. The molecule has 0 aliphatic carbocycles. The van der Waals surface area contributed by atoms with Crippen LogP contribution in [0.1, 0.15) is 20.8 Å². The predicted molar refractivity (Wildman–Crippen MR) is 83.9 cm³/mol. The minimum atomic E-state index is -0.174. The van der Waals surface area contributed by atoms with Crippen LogP contribution in [0.5, 0.6) is 11.5 Å². The lowest BCUT2D eigenvalue weighted by Crippen LogP contribution is -2.46. The first kappa shape index (κ1) is 17.3. The van der Waals surface area contributed by atoms with Gasteiger partial charge in [-0.2, -0.15) is 0 Å². The fourth-order valence-electron chi connectivity index (χ4n) is 1.78. The predicted octanol–water partition coefficient (Wildman–Crippen LogP) is 1.92.